The van der Waals surface area contributed by atoms with Gasteiger partial charge in [0.1, 0.15) is 9.84 Å². The first kappa shape index (κ1) is 16.1. The van der Waals surface area contributed by atoms with Gasteiger partial charge in [0, 0.05) is 32.6 Å². The Bertz CT molecular complexity index is 316. The van der Waals surface area contributed by atoms with E-state index in [0.717, 1.165) is 6.42 Å². The number of rotatable bonds is 8. The molecule has 0 amide bonds. The van der Waals surface area contributed by atoms with Crippen LogP contribution in [0, 0.1) is 0 Å². The van der Waals surface area contributed by atoms with Gasteiger partial charge < -0.3 is 10.1 Å². The maximum absolute atomic E-state index is 10.9. The van der Waals surface area contributed by atoms with E-state index in [9.17, 15) is 8.42 Å². The minimum Gasteiger partial charge on any atom is -0.382 e. The highest BCUT2D eigenvalue weighted by Crippen LogP contribution is 1.84. The van der Waals surface area contributed by atoms with Crippen LogP contribution in [0.15, 0.2) is 4.99 Å². The molecule has 0 saturated carbocycles. The molecular weight excluding hydrogens is 244 g/mol. The Morgan fingerprint density at radius 2 is 2.18 bits per heavy atom. The highest BCUT2D eigenvalue weighted by molar-refractivity contribution is 7.90. The third kappa shape index (κ3) is 11.4. The van der Waals surface area contributed by atoms with E-state index in [-0.39, 0.29) is 12.3 Å². The Balaban J connectivity index is 3.78. The van der Waals surface area contributed by atoms with E-state index in [1.807, 2.05) is 6.92 Å². The molecule has 0 aromatic rings. The van der Waals surface area contributed by atoms with Crippen molar-refractivity contribution in [1.29, 1.82) is 0 Å². The molecule has 0 aliphatic rings. The molecule has 0 fully saturated rings. The number of hydrogen-bond donors (Lipinski definition) is 3. The summed E-state index contributed by atoms with van der Waals surface area (Å²) in [6.07, 6.45) is 1.98. The first-order chi connectivity index (χ1) is 7.99. The quantitative estimate of drug-likeness (QED) is 0.169. The lowest BCUT2D eigenvalue weighted by Crippen LogP contribution is -2.43. The summed E-state index contributed by atoms with van der Waals surface area (Å²) in [5.41, 5.74) is 2.38. The maximum Gasteiger partial charge on any atom is 0.205 e. The molecule has 0 aliphatic heterocycles. The number of ether oxygens (including phenoxy) is 1. The molecule has 0 heterocycles. The van der Waals surface area contributed by atoms with Gasteiger partial charge in [-0.1, -0.05) is 0 Å². The van der Waals surface area contributed by atoms with Crippen molar-refractivity contribution in [3.63, 3.8) is 0 Å². The minimum atomic E-state index is -2.97. The van der Waals surface area contributed by atoms with E-state index in [1.165, 1.54) is 6.26 Å². The number of guanidine groups is 1. The van der Waals surface area contributed by atoms with E-state index < -0.39 is 9.84 Å². The maximum atomic E-state index is 10.9. The van der Waals surface area contributed by atoms with Crippen molar-refractivity contribution in [2.75, 3.05) is 38.3 Å². The summed E-state index contributed by atoms with van der Waals surface area (Å²) >= 11 is 0. The molecule has 0 rings (SSSR count). The first-order valence-electron chi connectivity index (χ1n) is 5.50. The van der Waals surface area contributed by atoms with Crippen LogP contribution in [-0.2, 0) is 14.6 Å². The van der Waals surface area contributed by atoms with Gasteiger partial charge in [0.15, 0.2) is 0 Å². The smallest absolute Gasteiger partial charge is 0.205 e. The Morgan fingerprint density at radius 3 is 2.71 bits per heavy atom. The normalized spacial score (nSPS) is 12.5. The average Bonchev–Trinajstić information content (AvgIpc) is 2.25. The predicted molar refractivity (Wildman–Crippen MR) is 68.4 cm³/mol. The van der Waals surface area contributed by atoms with Gasteiger partial charge in [0.2, 0.25) is 5.96 Å². The highest BCUT2D eigenvalue weighted by atomic mass is 32.2. The SMILES string of the molecule is CCOCCCN=C(NN)NCCS(C)(=O)=O. The van der Waals surface area contributed by atoms with Gasteiger partial charge >= 0.3 is 0 Å². The van der Waals surface area contributed by atoms with Crippen molar-refractivity contribution in [1.82, 2.24) is 10.7 Å². The zero-order valence-electron chi connectivity index (χ0n) is 10.4. The molecule has 8 heteroatoms. The fraction of sp³-hybridized carbons (Fsp3) is 0.889. The molecule has 7 nitrogen and oxygen atoms in total. The summed E-state index contributed by atoms with van der Waals surface area (Å²) < 4.78 is 26.9. The lowest BCUT2D eigenvalue weighted by atomic mass is 10.4. The topological polar surface area (TPSA) is 106 Å². The summed E-state index contributed by atoms with van der Waals surface area (Å²) in [5.74, 6) is 5.68. The zero-order valence-corrected chi connectivity index (χ0v) is 11.2. The fourth-order valence-electron chi connectivity index (χ4n) is 1.01. The van der Waals surface area contributed by atoms with Crippen LogP contribution < -0.4 is 16.6 Å². The standard InChI is InChI=1S/C9H22N4O3S/c1-3-16-7-4-5-11-9(13-10)12-6-8-17(2,14)15/h3-8,10H2,1-2H3,(H2,11,12,13). The van der Waals surface area contributed by atoms with E-state index >= 15 is 0 Å². The third-order valence-corrected chi connectivity index (χ3v) is 2.77. The Kier molecular flexibility index (Phi) is 8.73. The average molecular weight is 266 g/mol. The number of aliphatic imine (C=N–C) groups is 1. The van der Waals surface area contributed by atoms with Crippen LogP contribution in [0.5, 0.6) is 0 Å². The summed E-state index contributed by atoms with van der Waals surface area (Å²) in [6, 6.07) is 0. The van der Waals surface area contributed by atoms with Crippen LogP contribution in [0.4, 0.5) is 0 Å². The molecule has 0 aromatic heterocycles. The predicted octanol–water partition coefficient (Wildman–Crippen LogP) is -1.13. The van der Waals surface area contributed by atoms with Crippen molar-refractivity contribution in [3.05, 3.63) is 0 Å². The van der Waals surface area contributed by atoms with Crippen molar-refractivity contribution in [2.45, 2.75) is 13.3 Å². The largest absolute Gasteiger partial charge is 0.382 e. The van der Waals surface area contributed by atoms with E-state index in [1.54, 1.807) is 0 Å². The van der Waals surface area contributed by atoms with Crippen molar-refractivity contribution in [2.24, 2.45) is 10.8 Å². The van der Waals surface area contributed by atoms with Crippen LogP contribution in [0.1, 0.15) is 13.3 Å². The Hall–Kier alpha value is -0.860. The monoisotopic (exact) mass is 266 g/mol. The van der Waals surface area contributed by atoms with Crippen LogP contribution in [-0.4, -0.2) is 52.7 Å². The van der Waals surface area contributed by atoms with Crippen molar-refractivity contribution in [3.8, 4) is 0 Å². The van der Waals surface area contributed by atoms with Gasteiger partial charge in [-0.25, -0.2) is 14.3 Å². The molecular formula is C9H22N4O3S. The molecule has 0 saturated heterocycles. The van der Waals surface area contributed by atoms with Gasteiger partial charge in [-0.05, 0) is 13.3 Å². The Morgan fingerprint density at radius 1 is 1.47 bits per heavy atom. The number of nitrogens with zero attached hydrogens (tertiary/aromatic N) is 1. The molecule has 0 aromatic carbocycles. The Labute approximate surface area is 103 Å². The second kappa shape index (κ2) is 9.20. The molecule has 0 bridgehead atoms. The van der Waals surface area contributed by atoms with E-state index in [4.69, 9.17) is 10.6 Å². The minimum absolute atomic E-state index is 0.0483. The lowest BCUT2D eigenvalue weighted by molar-refractivity contribution is 0.146. The molecule has 0 spiro atoms. The molecule has 102 valence electrons. The molecule has 0 unspecified atom stereocenters. The van der Waals surface area contributed by atoms with Crippen LogP contribution in [0.25, 0.3) is 0 Å². The number of hydrazine groups is 1. The first-order valence-corrected chi connectivity index (χ1v) is 7.56. The van der Waals surface area contributed by atoms with Crippen LogP contribution >= 0.6 is 0 Å². The van der Waals surface area contributed by atoms with Gasteiger partial charge in [-0.2, -0.15) is 0 Å². The second-order valence-corrected chi connectivity index (χ2v) is 5.74. The second-order valence-electron chi connectivity index (χ2n) is 3.48. The number of sulfone groups is 1. The molecule has 0 aliphatic carbocycles. The molecule has 0 atom stereocenters. The zero-order chi connectivity index (χ0) is 13.1. The van der Waals surface area contributed by atoms with Crippen molar-refractivity contribution < 1.29 is 13.2 Å². The third-order valence-electron chi connectivity index (χ3n) is 1.82. The fourth-order valence-corrected chi connectivity index (χ4v) is 1.48. The lowest BCUT2D eigenvalue weighted by Gasteiger charge is -2.08. The summed E-state index contributed by atoms with van der Waals surface area (Å²) in [6.45, 7) is 4.14. The number of nitrogens with two attached hydrogens (primary N) is 1. The van der Waals surface area contributed by atoms with Gasteiger partial charge in [-0.3, -0.25) is 10.4 Å². The van der Waals surface area contributed by atoms with Crippen LogP contribution in [0.2, 0.25) is 0 Å². The summed E-state index contributed by atoms with van der Waals surface area (Å²) in [5, 5.41) is 2.81. The summed E-state index contributed by atoms with van der Waals surface area (Å²) in [7, 11) is -2.97. The summed E-state index contributed by atoms with van der Waals surface area (Å²) in [4.78, 5) is 4.13. The molecule has 0 radical (unpaired) electrons. The van der Waals surface area contributed by atoms with Gasteiger partial charge in [0.25, 0.3) is 0 Å². The van der Waals surface area contributed by atoms with E-state index in [2.05, 4.69) is 15.7 Å². The number of nitrogens with one attached hydrogen (secondary N) is 2. The van der Waals surface area contributed by atoms with Gasteiger partial charge in [0.05, 0.1) is 5.75 Å². The highest BCUT2D eigenvalue weighted by Gasteiger charge is 2.02. The van der Waals surface area contributed by atoms with Crippen LogP contribution in [0.3, 0.4) is 0 Å². The molecule has 17 heavy (non-hydrogen) atoms. The number of hydrogen-bond acceptors (Lipinski definition) is 5. The van der Waals surface area contributed by atoms with Gasteiger partial charge in [-0.15, -0.1) is 0 Å². The molecule has 4 N–H and O–H groups in total. The van der Waals surface area contributed by atoms with E-state index in [0.29, 0.717) is 25.7 Å². The van der Waals surface area contributed by atoms with Crippen molar-refractivity contribution >= 4 is 15.8 Å².